The number of aliphatic hydroxyl groups is 1. The molecule has 3 aliphatic rings. The van der Waals surface area contributed by atoms with Gasteiger partial charge in [0.1, 0.15) is 6.61 Å². The zero-order valence-corrected chi connectivity index (χ0v) is 26.6. The molecule has 47 heavy (non-hydrogen) atoms. The molecule has 10 nitrogen and oxygen atoms in total. The monoisotopic (exact) mass is 660 g/mol. The van der Waals surface area contributed by atoms with E-state index in [0.29, 0.717) is 30.5 Å². The molecule has 4 amide bonds. The SMILES string of the molecule is CC(F)(F)F.CC1CCCCC1.O=CNC1(C(=O)NCC(=O)N[C@@H](CC2CCNC2=O)C(=O)CO)c2ccccc2-c2ccccc21. The van der Waals surface area contributed by atoms with Crippen LogP contribution in [0.2, 0.25) is 0 Å². The summed E-state index contributed by atoms with van der Waals surface area (Å²) in [5, 5.41) is 19.7. The first-order chi connectivity index (χ1) is 22.3. The van der Waals surface area contributed by atoms with E-state index in [-0.39, 0.29) is 19.3 Å². The van der Waals surface area contributed by atoms with Gasteiger partial charge in [0.25, 0.3) is 5.91 Å². The van der Waals surface area contributed by atoms with Crippen LogP contribution in [0, 0.1) is 11.8 Å². The van der Waals surface area contributed by atoms with Crippen LogP contribution in [0.15, 0.2) is 48.5 Å². The molecule has 256 valence electrons. The maximum absolute atomic E-state index is 13.5. The van der Waals surface area contributed by atoms with E-state index in [1.165, 1.54) is 32.1 Å². The molecule has 1 aliphatic heterocycles. The van der Waals surface area contributed by atoms with E-state index in [4.69, 9.17) is 0 Å². The maximum atomic E-state index is 13.5. The Morgan fingerprint density at radius 1 is 1.00 bits per heavy atom. The van der Waals surface area contributed by atoms with Crippen LogP contribution in [0.1, 0.15) is 69.9 Å². The largest absolute Gasteiger partial charge is 0.389 e. The van der Waals surface area contributed by atoms with Gasteiger partial charge in [-0.15, -0.1) is 0 Å². The minimum absolute atomic E-state index is 0.0578. The average Bonchev–Trinajstić information content (AvgIpc) is 3.58. The smallest absolute Gasteiger partial charge is 0.386 e. The standard InChI is InChI=1S/C25H26N4O6.C7H14.C2H3F3/c30-13-21(32)20(11-15-9-10-26-23(15)34)29-22(33)12-27-24(35)25(28-14-31)18-7-3-1-5-16(18)17-6-2-4-8-19(17)25;1-7-5-3-2-4-6-7;1-2(3,4)5/h1-8,14-15,20,30H,9-13H2,(H,26,34)(H,27,35)(H,28,31)(H,29,33);7H,2-6H2,1H3;1H3/t15?,20-;;/m0../s1. The second-order valence-corrected chi connectivity index (χ2v) is 12.1. The zero-order valence-electron chi connectivity index (χ0n) is 26.6. The highest BCUT2D eigenvalue weighted by atomic mass is 19.4. The quantitative estimate of drug-likeness (QED) is 0.246. The van der Waals surface area contributed by atoms with Gasteiger partial charge >= 0.3 is 6.18 Å². The molecule has 1 unspecified atom stereocenters. The Labute approximate surface area is 272 Å². The lowest BCUT2D eigenvalue weighted by molar-refractivity contribution is -0.132. The molecule has 13 heteroatoms. The van der Waals surface area contributed by atoms with E-state index in [2.05, 4.69) is 28.2 Å². The summed E-state index contributed by atoms with van der Waals surface area (Å²) in [6.07, 6.45) is 4.47. The molecule has 0 spiro atoms. The van der Waals surface area contributed by atoms with Gasteiger partial charge in [-0.05, 0) is 41.0 Å². The topological polar surface area (TPSA) is 154 Å². The summed E-state index contributed by atoms with van der Waals surface area (Å²) in [5.41, 5.74) is 1.21. The van der Waals surface area contributed by atoms with Crippen LogP contribution in [0.4, 0.5) is 13.2 Å². The number of carbonyl (C=O) groups excluding carboxylic acids is 5. The Morgan fingerprint density at radius 3 is 2.00 bits per heavy atom. The van der Waals surface area contributed by atoms with Gasteiger partial charge in [0.05, 0.1) is 12.6 Å². The van der Waals surface area contributed by atoms with Crippen molar-refractivity contribution in [2.75, 3.05) is 19.7 Å². The van der Waals surface area contributed by atoms with Crippen LogP contribution >= 0.6 is 0 Å². The average molecular weight is 661 g/mol. The summed E-state index contributed by atoms with van der Waals surface area (Å²) in [6, 6.07) is 13.3. The summed E-state index contributed by atoms with van der Waals surface area (Å²) in [7, 11) is 0. The molecule has 2 aromatic rings. The van der Waals surface area contributed by atoms with Crippen LogP contribution in [-0.2, 0) is 29.5 Å². The van der Waals surface area contributed by atoms with Crippen molar-refractivity contribution in [1.29, 1.82) is 0 Å². The number of hydrogen-bond donors (Lipinski definition) is 5. The van der Waals surface area contributed by atoms with Crippen LogP contribution < -0.4 is 21.3 Å². The summed E-state index contributed by atoms with van der Waals surface area (Å²) in [6.45, 7) is 1.78. The second kappa shape index (κ2) is 17.1. The summed E-state index contributed by atoms with van der Waals surface area (Å²) in [4.78, 5) is 61.8. The predicted octanol–water partition coefficient (Wildman–Crippen LogP) is 3.50. The Bertz CT molecular complexity index is 1360. The van der Waals surface area contributed by atoms with Crippen molar-refractivity contribution < 1.29 is 42.3 Å². The van der Waals surface area contributed by atoms with Crippen molar-refractivity contribution in [2.45, 2.75) is 76.6 Å². The third-order valence-corrected chi connectivity index (χ3v) is 8.43. The van der Waals surface area contributed by atoms with E-state index >= 15 is 0 Å². The van der Waals surface area contributed by atoms with E-state index in [0.717, 1.165) is 17.0 Å². The molecular weight excluding hydrogens is 617 g/mol. The third kappa shape index (κ3) is 10.1. The molecule has 0 radical (unpaired) electrons. The number of ketones is 1. The number of hydrogen-bond acceptors (Lipinski definition) is 6. The van der Waals surface area contributed by atoms with Gasteiger partial charge in [-0.2, -0.15) is 13.2 Å². The minimum atomic E-state index is -4.00. The number of aliphatic hydroxyl groups excluding tert-OH is 1. The van der Waals surface area contributed by atoms with Crippen molar-refractivity contribution in [2.24, 2.45) is 11.8 Å². The summed E-state index contributed by atoms with van der Waals surface area (Å²) in [5.74, 6) is -1.52. The van der Waals surface area contributed by atoms with Gasteiger partial charge in [-0.25, -0.2) is 0 Å². The van der Waals surface area contributed by atoms with Gasteiger partial charge < -0.3 is 26.4 Å². The molecule has 2 fully saturated rings. The minimum Gasteiger partial charge on any atom is -0.389 e. The first-order valence-electron chi connectivity index (χ1n) is 15.8. The van der Waals surface area contributed by atoms with Crippen LogP contribution in [0.25, 0.3) is 11.1 Å². The molecule has 1 heterocycles. The maximum Gasteiger partial charge on any atom is 0.386 e. The fourth-order valence-electron chi connectivity index (χ4n) is 6.17. The van der Waals surface area contributed by atoms with Crippen molar-refractivity contribution in [3.8, 4) is 11.1 Å². The molecular formula is C34H43F3N4O6. The number of Topliss-reactive ketones (excluding diaryl/α,β-unsaturated/α-hetero) is 1. The molecule has 5 N–H and O–H groups in total. The van der Waals surface area contributed by atoms with Crippen LogP contribution in [0.5, 0.6) is 0 Å². The van der Waals surface area contributed by atoms with Crippen LogP contribution in [0.3, 0.4) is 0 Å². The van der Waals surface area contributed by atoms with Gasteiger partial charge in [0.15, 0.2) is 11.3 Å². The Hall–Kier alpha value is -4.26. The highest BCUT2D eigenvalue weighted by Gasteiger charge is 2.49. The summed E-state index contributed by atoms with van der Waals surface area (Å²) >= 11 is 0. The number of benzene rings is 2. The van der Waals surface area contributed by atoms with Gasteiger partial charge in [-0.1, -0.05) is 87.6 Å². The lowest BCUT2D eigenvalue weighted by atomic mass is 9.86. The molecule has 2 aliphatic carbocycles. The Balaban J connectivity index is 0.000000421. The molecule has 2 atom stereocenters. The lowest BCUT2D eigenvalue weighted by Crippen LogP contribution is -2.56. The van der Waals surface area contributed by atoms with Crippen molar-refractivity contribution >= 4 is 29.9 Å². The van der Waals surface area contributed by atoms with Gasteiger partial charge in [0.2, 0.25) is 18.2 Å². The van der Waals surface area contributed by atoms with E-state index < -0.39 is 54.4 Å². The Kier molecular flexibility index (Phi) is 13.5. The van der Waals surface area contributed by atoms with Crippen molar-refractivity contribution in [1.82, 2.24) is 21.3 Å². The number of nitrogens with one attached hydrogen (secondary N) is 4. The number of fused-ring (bicyclic) bond motifs is 3. The molecule has 0 aromatic heterocycles. The first-order valence-corrected chi connectivity index (χ1v) is 15.8. The number of carbonyl (C=O) groups is 5. The fraction of sp³-hybridized carbons (Fsp3) is 0.500. The second-order valence-electron chi connectivity index (χ2n) is 12.1. The highest BCUT2D eigenvalue weighted by Crippen LogP contribution is 2.47. The predicted molar refractivity (Wildman–Crippen MR) is 169 cm³/mol. The van der Waals surface area contributed by atoms with Gasteiger partial charge in [-0.3, -0.25) is 24.0 Å². The highest BCUT2D eigenvalue weighted by molar-refractivity contribution is 6.02. The summed E-state index contributed by atoms with van der Waals surface area (Å²) < 4.78 is 31.1. The Morgan fingerprint density at radius 2 is 1.55 bits per heavy atom. The van der Waals surface area contributed by atoms with E-state index in [1.54, 1.807) is 24.3 Å². The van der Waals surface area contributed by atoms with E-state index in [9.17, 15) is 42.3 Å². The van der Waals surface area contributed by atoms with Gasteiger partial charge in [0, 0.05) is 19.4 Å². The number of halogens is 3. The molecule has 2 aromatic carbocycles. The first kappa shape index (κ1) is 37.2. The fourth-order valence-corrected chi connectivity index (χ4v) is 6.17. The number of amides is 4. The van der Waals surface area contributed by atoms with Crippen molar-refractivity contribution in [3.05, 3.63) is 59.7 Å². The molecule has 1 saturated heterocycles. The van der Waals surface area contributed by atoms with Crippen LogP contribution in [-0.4, -0.2) is 66.9 Å². The molecule has 5 rings (SSSR count). The third-order valence-electron chi connectivity index (χ3n) is 8.43. The van der Waals surface area contributed by atoms with Crippen molar-refractivity contribution in [3.63, 3.8) is 0 Å². The normalized spacial score (nSPS) is 18.4. The zero-order chi connectivity index (χ0) is 34.6. The number of alkyl halides is 3. The number of rotatable bonds is 10. The van der Waals surface area contributed by atoms with E-state index in [1.807, 2.05) is 24.3 Å². The molecule has 1 saturated carbocycles. The molecule has 0 bridgehead atoms. The lowest BCUT2D eigenvalue weighted by Gasteiger charge is -2.30.